The lowest BCUT2D eigenvalue weighted by Gasteiger charge is -2.13. The average molecular weight is 496 g/mol. The molecule has 0 amide bonds. The molecule has 0 radical (unpaired) electrons. The standard InChI is InChI=1S/C25H30N5O2PS/c1-17(2)19-9-11-20(12-10-19)34(31,32)28-14-13-26-24-15-22(21-8-6-5-7-18(21)3)29-25-23(33-4)16-27-30(24)25/h5-12,15-17,26,28,33H,13-14H2,1-4H3. The lowest BCUT2D eigenvalue weighted by molar-refractivity contribution is 0.582. The van der Waals surface area contributed by atoms with Crippen LogP contribution in [-0.2, 0) is 10.0 Å². The summed E-state index contributed by atoms with van der Waals surface area (Å²) in [5, 5.41) is 8.93. The Morgan fingerprint density at radius 1 is 1.06 bits per heavy atom. The number of anilines is 1. The smallest absolute Gasteiger partial charge is 0.240 e. The van der Waals surface area contributed by atoms with Gasteiger partial charge in [0.2, 0.25) is 10.0 Å². The van der Waals surface area contributed by atoms with E-state index in [1.165, 1.54) is 0 Å². The average Bonchev–Trinajstić information content (AvgIpc) is 3.25. The van der Waals surface area contributed by atoms with Crippen LogP contribution in [-0.4, -0.2) is 42.8 Å². The number of fused-ring (bicyclic) bond motifs is 1. The van der Waals surface area contributed by atoms with E-state index in [9.17, 15) is 8.42 Å². The molecule has 7 nitrogen and oxygen atoms in total. The number of nitrogens with one attached hydrogen (secondary N) is 2. The molecule has 1 unspecified atom stereocenters. The van der Waals surface area contributed by atoms with Crippen LogP contribution in [0.15, 0.2) is 65.7 Å². The molecule has 0 fully saturated rings. The van der Waals surface area contributed by atoms with Crippen LogP contribution in [0.3, 0.4) is 0 Å². The summed E-state index contributed by atoms with van der Waals surface area (Å²) in [6.07, 6.45) is 1.84. The van der Waals surface area contributed by atoms with E-state index >= 15 is 0 Å². The zero-order valence-electron chi connectivity index (χ0n) is 19.8. The van der Waals surface area contributed by atoms with Crippen LogP contribution < -0.4 is 15.3 Å². The fourth-order valence-corrected chi connectivity index (χ4v) is 5.36. The van der Waals surface area contributed by atoms with Crippen molar-refractivity contribution in [2.24, 2.45) is 0 Å². The van der Waals surface area contributed by atoms with Crippen LogP contribution in [0.2, 0.25) is 0 Å². The molecule has 2 aromatic heterocycles. The SMILES string of the molecule is CPc1cnn2c(NCCNS(=O)(=O)c3ccc(C(C)C)cc3)cc(-c3ccccc3C)nc12. The highest BCUT2D eigenvalue weighted by Crippen LogP contribution is 2.25. The van der Waals surface area contributed by atoms with E-state index in [1.54, 1.807) is 16.6 Å². The molecule has 0 aliphatic carbocycles. The van der Waals surface area contributed by atoms with Crippen molar-refractivity contribution in [1.29, 1.82) is 0 Å². The first-order valence-corrected chi connectivity index (χ1v) is 14.2. The molecule has 2 N–H and O–H groups in total. The molecular weight excluding hydrogens is 465 g/mol. The predicted octanol–water partition coefficient (Wildman–Crippen LogP) is 4.15. The largest absolute Gasteiger partial charge is 0.369 e. The van der Waals surface area contributed by atoms with Crippen molar-refractivity contribution < 1.29 is 8.42 Å². The number of hydrogen-bond donors (Lipinski definition) is 2. The predicted molar refractivity (Wildman–Crippen MR) is 141 cm³/mol. The molecule has 0 bridgehead atoms. The highest BCUT2D eigenvalue weighted by molar-refractivity contribution is 7.89. The summed E-state index contributed by atoms with van der Waals surface area (Å²) in [6, 6.07) is 17.1. The highest BCUT2D eigenvalue weighted by Gasteiger charge is 2.15. The summed E-state index contributed by atoms with van der Waals surface area (Å²) >= 11 is 0. The van der Waals surface area contributed by atoms with E-state index in [0.29, 0.717) is 21.0 Å². The van der Waals surface area contributed by atoms with Gasteiger partial charge in [0.05, 0.1) is 16.8 Å². The lowest BCUT2D eigenvalue weighted by Crippen LogP contribution is -2.29. The quantitative estimate of drug-likeness (QED) is 0.269. The monoisotopic (exact) mass is 495 g/mol. The second kappa shape index (κ2) is 10.2. The molecule has 0 spiro atoms. The highest BCUT2D eigenvalue weighted by atomic mass is 32.2. The van der Waals surface area contributed by atoms with E-state index in [1.807, 2.05) is 36.5 Å². The number of aryl methyl sites for hydroxylation is 1. The summed E-state index contributed by atoms with van der Waals surface area (Å²) < 4.78 is 29.8. The summed E-state index contributed by atoms with van der Waals surface area (Å²) in [4.78, 5) is 5.15. The molecule has 0 saturated heterocycles. The van der Waals surface area contributed by atoms with E-state index in [-0.39, 0.29) is 11.4 Å². The van der Waals surface area contributed by atoms with Gasteiger partial charge in [-0.1, -0.05) is 58.8 Å². The van der Waals surface area contributed by atoms with Crippen LogP contribution in [0, 0.1) is 6.92 Å². The molecule has 4 aromatic rings. The van der Waals surface area contributed by atoms with Gasteiger partial charge >= 0.3 is 0 Å². The first kappa shape index (κ1) is 24.3. The van der Waals surface area contributed by atoms with Crippen LogP contribution >= 0.6 is 8.58 Å². The van der Waals surface area contributed by atoms with Crippen molar-refractivity contribution in [3.05, 3.63) is 71.9 Å². The molecule has 0 aliphatic heterocycles. The first-order valence-electron chi connectivity index (χ1n) is 11.3. The third-order valence-electron chi connectivity index (χ3n) is 5.74. The van der Waals surface area contributed by atoms with E-state index in [0.717, 1.165) is 39.2 Å². The molecular formula is C25H30N5O2PS. The fraction of sp³-hybridized carbons (Fsp3) is 0.280. The molecule has 0 saturated carbocycles. The maximum atomic E-state index is 12.7. The fourth-order valence-electron chi connectivity index (χ4n) is 3.75. The number of hydrogen-bond acceptors (Lipinski definition) is 5. The number of nitrogens with zero attached hydrogens (tertiary/aromatic N) is 3. The van der Waals surface area contributed by atoms with Gasteiger partial charge in [0, 0.05) is 30.0 Å². The number of sulfonamides is 1. The Kier molecular flexibility index (Phi) is 7.31. The minimum Gasteiger partial charge on any atom is -0.369 e. The van der Waals surface area contributed by atoms with E-state index < -0.39 is 10.0 Å². The van der Waals surface area contributed by atoms with Gasteiger partial charge in [-0.05, 0) is 42.8 Å². The maximum absolute atomic E-state index is 12.7. The van der Waals surface area contributed by atoms with Crippen LogP contribution in [0.5, 0.6) is 0 Å². The molecule has 0 aliphatic rings. The van der Waals surface area contributed by atoms with Gasteiger partial charge in [-0.25, -0.2) is 18.1 Å². The minimum absolute atomic E-state index is 0.238. The number of aromatic nitrogens is 3. The van der Waals surface area contributed by atoms with Crippen molar-refractivity contribution in [3.8, 4) is 11.3 Å². The van der Waals surface area contributed by atoms with Gasteiger partial charge in [-0.15, -0.1) is 0 Å². The third kappa shape index (κ3) is 5.14. The Labute approximate surface area is 202 Å². The van der Waals surface area contributed by atoms with Gasteiger partial charge in [-0.2, -0.15) is 9.61 Å². The Morgan fingerprint density at radius 2 is 1.79 bits per heavy atom. The normalized spacial score (nSPS) is 12.3. The number of rotatable bonds is 9. The lowest BCUT2D eigenvalue weighted by atomic mass is 10.0. The van der Waals surface area contributed by atoms with Crippen molar-refractivity contribution in [1.82, 2.24) is 19.3 Å². The molecule has 34 heavy (non-hydrogen) atoms. The minimum atomic E-state index is -3.58. The van der Waals surface area contributed by atoms with Crippen molar-refractivity contribution in [2.45, 2.75) is 31.6 Å². The van der Waals surface area contributed by atoms with Crippen LogP contribution in [0.4, 0.5) is 5.82 Å². The molecule has 178 valence electrons. The zero-order chi connectivity index (χ0) is 24.3. The summed E-state index contributed by atoms with van der Waals surface area (Å²) in [5.41, 5.74) is 4.98. The molecule has 4 rings (SSSR count). The summed E-state index contributed by atoms with van der Waals surface area (Å²) in [6.45, 7) is 8.97. The molecule has 1 atom stereocenters. The molecule has 2 aromatic carbocycles. The number of benzene rings is 2. The third-order valence-corrected chi connectivity index (χ3v) is 8.11. The Morgan fingerprint density at radius 3 is 2.47 bits per heavy atom. The van der Waals surface area contributed by atoms with Crippen LogP contribution in [0.1, 0.15) is 30.9 Å². The van der Waals surface area contributed by atoms with Crippen molar-refractivity contribution in [3.63, 3.8) is 0 Å². The Balaban J connectivity index is 1.52. The zero-order valence-corrected chi connectivity index (χ0v) is 21.6. The van der Waals surface area contributed by atoms with Crippen molar-refractivity contribution >= 4 is 35.4 Å². The summed E-state index contributed by atoms with van der Waals surface area (Å²) in [7, 11) is -3.01. The molecule has 9 heteroatoms. The first-order chi connectivity index (χ1) is 16.3. The van der Waals surface area contributed by atoms with E-state index in [4.69, 9.17) is 4.98 Å². The summed E-state index contributed by atoms with van der Waals surface area (Å²) in [5.74, 6) is 1.12. The van der Waals surface area contributed by atoms with Gasteiger partial charge < -0.3 is 5.32 Å². The van der Waals surface area contributed by atoms with Gasteiger partial charge in [0.1, 0.15) is 5.82 Å². The second-order valence-corrected chi connectivity index (χ2v) is 11.2. The maximum Gasteiger partial charge on any atom is 0.240 e. The second-order valence-electron chi connectivity index (χ2n) is 8.43. The van der Waals surface area contributed by atoms with Crippen molar-refractivity contribution in [2.75, 3.05) is 25.1 Å². The van der Waals surface area contributed by atoms with E-state index in [2.05, 4.69) is 54.7 Å². The van der Waals surface area contributed by atoms with Gasteiger partial charge in [0.25, 0.3) is 0 Å². The van der Waals surface area contributed by atoms with Gasteiger partial charge in [0.15, 0.2) is 5.65 Å². The Hall–Kier alpha value is -2.80. The van der Waals surface area contributed by atoms with Gasteiger partial charge in [-0.3, -0.25) is 0 Å². The van der Waals surface area contributed by atoms with Crippen LogP contribution in [0.25, 0.3) is 16.9 Å². The Bertz CT molecular complexity index is 1400. The molecule has 2 heterocycles. The topological polar surface area (TPSA) is 88.4 Å².